The lowest BCUT2D eigenvalue weighted by atomic mass is 10.1. The van der Waals surface area contributed by atoms with Gasteiger partial charge in [0.05, 0.1) is 43.3 Å². The maximum absolute atomic E-state index is 12.6. The predicted molar refractivity (Wildman–Crippen MR) is 75.8 cm³/mol. The summed E-state index contributed by atoms with van der Waals surface area (Å²) in [5.74, 6) is -0.00688. The van der Waals surface area contributed by atoms with E-state index in [1.165, 1.54) is 12.4 Å². The molecule has 1 aromatic rings. The highest BCUT2D eigenvalue weighted by molar-refractivity contribution is 5.94. The average molecular weight is 289 g/mol. The van der Waals surface area contributed by atoms with Crippen molar-refractivity contribution in [2.45, 2.75) is 31.1 Å². The molecule has 112 valence electrons. The van der Waals surface area contributed by atoms with Crippen molar-refractivity contribution in [1.29, 1.82) is 0 Å². The lowest BCUT2D eigenvalue weighted by Crippen LogP contribution is -2.53. The van der Waals surface area contributed by atoms with Crippen LogP contribution in [-0.2, 0) is 9.47 Å². The molecule has 1 aromatic heterocycles. The van der Waals surface area contributed by atoms with E-state index < -0.39 is 0 Å². The Labute approximate surface area is 123 Å². The van der Waals surface area contributed by atoms with Crippen molar-refractivity contribution in [1.82, 2.24) is 15.1 Å². The molecule has 1 amide bonds. The number of hydrogen-bond acceptors (Lipinski definition) is 5. The van der Waals surface area contributed by atoms with E-state index in [0.717, 1.165) is 12.8 Å². The molecule has 1 aliphatic heterocycles. The van der Waals surface area contributed by atoms with Crippen LogP contribution in [0.15, 0.2) is 31.1 Å². The molecule has 2 fully saturated rings. The highest BCUT2D eigenvalue weighted by Crippen LogP contribution is 2.32. The van der Waals surface area contributed by atoms with Crippen LogP contribution in [0.4, 0.5) is 0 Å². The first-order valence-corrected chi connectivity index (χ1v) is 7.23. The van der Waals surface area contributed by atoms with Gasteiger partial charge in [-0.05, 0) is 18.9 Å². The number of carbonyl (C=O) groups excluding carboxylic acids is 1. The summed E-state index contributed by atoms with van der Waals surface area (Å²) in [6.07, 6.45) is 6.58. The molecule has 0 aromatic carbocycles. The molecule has 21 heavy (non-hydrogen) atoms. The van der Waals surface area contributed by atoms with Crippen molar-refractivity contribution >= 4 is 5.91 Å². The molecule has 6 nitrogen and oxygen atoms in total. The molecule has 1 saturated heterocycles. The lowest BCUT2D eigenvalue weighted by molar-refractivity contribution is -0.100. The smallest absolute Gasteiger partial charge is 0.255 e. The van der Waals surface area contributed by atoms with Crippen molar-refractivity contribution in [3.8, 4) is 0 Å². The van der Waals surface area contributed by atoms with E-state index in [2.05, 4.69) is 16.8 Å². The minimum Gasteiger partial charge on any atom is -0.372 e. The van der Waals surface area contributed by atoms with Crippen molar-refractivity contribution in [2.24, 2.45) is 0 Å². The van der Waals surface area contributed by atoms with Gasteiger partial charge in [-0.1, -0.05) is 6.08 Å². The standard InChI is InChI=1S/C15H19N3O3/c1-2-8-20-13-4-3-12-14(13)21-9-7-18(12)15(19)11-5-6-16-17-10-11/h2,5-6,10,12-14H,1,3-4,7-9H2/t12-,13-,14+/m0/s1. The topological polar surface area (TPSA) is 64.6 Å². The van der Waals surface area contributed by atoms with Gasteiger partial charge in [-0.2, -0.15) is 10.2 Å². The number of aromatic nitrogens is 2. The predicted octanol–water partition coefficient (Wildman–Crippen LogP) is 1.05. The van der Waals surface area contributed by atoms with Crippen LogP contribution in [0.1, 0.15) is 23.2 Å². The molecule has 1 aliphatic carbocycles. The van der Waals surface area contributed by atoms with Crippen LogP contribution in [0.2, 0.25) is 0 Å². The second kappa shape index (κ2) is 6.32. The zero-order chi connectivity index (χ0) is 14.7. The SMILES string of the molecule is C=CCO[C@H]1CC[C@H]2[C@H]1OCCN2C(=O)c1ccnnc1. The summed E-state index contributed by atoms with van der Waals surface area (Å²) >= 11 is 0. The molecule has 3 rings (SSSR count). The minimum atomic E-state index is -0.0440. The van der Waals surface area contributed by atoms with Gasteiger partial charge >= 0.3 is 0 Å². The fraction of sp³-hybridized carbons (Fsp3) is 0.533. The van der Waals surface area contributed by atoms with Gasteiger partial charge in [-0.15, -0.1) is 6.58 Å². The molecule has 2 aliphatic rings. The quantitative estimate of drug-likeness (QED) is 0.775. The van der Waals surface area contributed by atoms with Crippen molar-refractivity contribution in [2.75, 3.05) is 19.8 Å². The zero-order valence-corrected chi connectivity index (χ0v) is 11.9. The monoisotopic (exact) mass is 289 g/mol. The molecule has 1 saturated carbocycles. The van der Waals surface area contributed by atoms with Gasteiger partial charge in [0, 0.05) is 6.54 Å². The molecule has 3 atom stereocenters. The maximum atomic E-state index is 12.6. The minimum absolute atomic E-state index is 0.00688. The number of hydrogen-bond donors (Lipinski definition) is 0. The van der Waals surface area contributed by atoms with Crippen LogP contribution in [-0.4, -0.2) is 59.0 Å². The third-order valence-corrected chi connectivity index (χ3v) is 4.06. The van der Waals surface area contributed by atoms with E-state index in [1.54, 1.807) is 12.1 Å². The fourth-order valence-corrected chi connectivity index (χ4v) is 3.12. The van der Waals surface area contributed by atoms with E-state index in [-0.39, 0.29) is 24.2 Å². The summed E-state index contributed by atoms with van der Waals surface area (Å²) in [6.45, 7) is 5.33. The zero-order valence-electron chi connectivity index (χ0n) is 11.9. The summed E-state index contributed by atoms with van der Waals surface area (Å²) in [4.78, 5) is 14.5. The van der Waals surface area contributed by atoms with Gasteiger partial charge < -0.3 is 14.4 Å². The van der Waals surface area contributed by atoms with Crippen molar-refractivity contribution < 1.29 is 14.3 Å². The Bertz CT molecular complexity index is 508. The van der Waals surface area contributed by atoms with Gasteiger partial charge in [0.25, 0.3) is 5.91 Å². The summed E-state index contributed by atoms with van der Waals surface area (Å²) in [5, 5.41) is 7.49. The number of carbonyl (C=O) groups is 1. The number of morpholine rings is 1. The number of amides is 1. The van der Waals surface area contributed by atoms with E-state index in [4.69, 9.17) is 9.47 Å². The number of nitrogens with zero attached hydrogens (tertiary/aromatic N) is 3. The Kier molecular flexibility index (Phi) is 4.26. The van der Waals surface area contributed by atoms with Crippen LogP contribution in [0.25, 0.3) is 0 Å². The van der Waals surface area contributed by atoms with Crippen LogP contribution in [0.3, 0.4) is 0 Å². The molecular weight excluding hydrogens is 270 g/mol. The third-order valence-electron chi connectivity index (χ3n) is 4.06. The first-order valence-electron chi connectivity index (χ1n) is 7.23. The Balaban J connectivity index is 1.73. The van der Waals surface area contributed by atoms with Gasteiger partial charge in [0.2, 0.25) is 0 Å². The summed E-state index contributed by atoms with van der Waals surface area (Å²) in [7, 11) is 0. The van der Waals surface area contributed by atoms with E-state index in [1.807, 2.05) is 4.90 Å². The summed E-state index contributed by atoms with van der Waals surface area (Å²) < 4.78 is 11.6. The highest BCUT2D eigenvalue weighted by atomic mass is 16.5. The fourth-order valence-electron chi connectivity index (χ4n) is 3.12. The lowest BCUT2D eigenvalue weighted by Gasteiger charge is -2.39. The molecular formula is C15H19N3O3. The summed E-state index contributed by atoms with van der Waals surface area (Å²) in [6, 6.07) is 1.77. The van der Waals surface area contributed by atoms with E-state index >= 15 is 0 Å². The second-order valence-corrected chi connectivity index (χ2v) is 5.27. The van der Waals surface area contributed by atoms with Crippen molar-refractivity contribution in [3.63, 3.8) is 0 Å². The van der Waals surface area contributed by atoms with Crippen LogP contribution in [0, 0.1) is 0 Å². The second-order valence-electron chi connectivity index (χ2n) is 5.27. The average Bonchev–Trinajstić information content (AvgIpc) is 2.96. The number of fused-ring (bicyclic) bond motifs is 1. The number of rotatable bonds is 4. The van der Waals surface area contributed by atoms with Crippen LogP contribution < -0.4 is 0 Å². The highest BCUT2D eigenvalue weighted by Gasteiger charge is 2.45. The van der Waals surface area contributed by atoms with Crippen LogP contribution in [0.5, 0.6) is 0 Å². The molecule has 0 spiro atoms. The largest absolute Gasteiger partial charge is 0.372 e. The Morgan fingerprint density at radius 3 is 3.19 bits per heavy atom. The molecule has 2 heterocycles. The van der Waals surface area contributed by atoms with E-state index in [9.17, 15) is 4.79 Å². The first-order chi connectivity index (χ1) is 10.3. The molecule has 6 heteroatoms. The molecule has 0 bridgehead atoms. The number of ether oxygens (including phenoxy) is 2. The Hall–Kier alpha value is -1.79. The third kappa shape index (κ3) is 2.82. The maximum Gasteiger partial charge on any atom is 0.255 e. The Morgan fingerprint density at radius 2 is 2.43 bits per heavy atom. The van der Waals surface area contributed by atoms with Gasteiger partial charge in [-0.3, -0.25) is 4.79 Å². The van der Waals surface area contributed by atoms with Crippen LogP contribution >= 0.6 is 0 Å². The Morgan fingerprint density at radius 1 is 1.52 bits per heavy atom. The summed E-state index contributed by atoms with van der Waals surface area (Å²) in [5.41, 5.74) is 0.570. The first kappa shape index (κ1) is 14.2. The molecule has 0 N–H and O–H groups in total. The van der Waals surface area contributed by atoms with E-state index in [0.29, 0.717) is 25.3 Å². The normalized spacial score (nSPS) is 28.2. The molecule has 0 radical (unpaired) electrons. The van der Waals surface area contributed by atoms with Gasteiger partial charge in [0.15, 0.2) is 0 Å². The molecule has 0 unspecified atom stereocenters. The van der Waals surface area contributed by atoms with Gasteiger partial charge in [0.1, 0.15) is 6.10 Å². The van der Waals surface area contributed by atoms with Crippen molar-refractivity contribution in [3.05, 3.63) is 36.7 Å². The van der Waals surface area contributed by atoms with Gasteiger partial charge in [-0.25, -0.2) is 0 Å².